The van der Waals surface area contributed by atoms with Gasteiger partial charge >= 0.3 is 5.97 Å². The maximum atomic E-state index is 11.5. The third-order valence-corrected chi connectivity index (χ3v) is 2.54. The molecule has 0 atom stereocenters. The number of hydrogen-bond acceptors (Lipinski definition) is 3. The van der Waals surface area contributed by atoms with Gasteiger partial charge in [-0.25, -0.2) is 0 Å². The summed E-state index contributed by atoms with van der Waals surface area (Å²) in [6, 6.07) is 5.90. The monoisotopic (exact) mass is 250 g/mol. The van der Waals surface area contributed by atoms with E-state index in [0.29, 0.717) is 6.61 Å². The summed E-state index contributed by atoms with van der Waals surface area (Å²) in [5, 5.41) is 0. The normalized spacial score (nSPS) is 11.2. The van der Waals surface area contributed by atoms with Crippen LogP contribution in [0.25, 0.3) is 0 Å². The Morgan fingerprint density at radius 1 is 1.22 bits per heavy atom. The van der Waals surface area contributed by atoms with Crippen LogP contribution in [0.1, 0.15) is 38.3 Å². The first-order valence-corrected chi connectivity index (χ1v) is 6.20. The van der Waals surface area contributed by atoms with Gasteiger partial charge in [0.15, 0.2) is 0 Å². The van der Waals surface area contributed by atoms with E-state index in [0.717, 1.165) is 11.3 Å². The molecule has 3 heteroatoms. The molecule has 0 saturated carbocycles. The molecular weight excluding hydrogens is 228 g/mol. The molecule has 100 valence electrons. The van der Waals surface area contributed by atoms with Gasteiger partial charge in [0.25, 0.3) is 0 Å². The number of esters is 1. The van der Waals surface area contributed by atoms with Crippen LogP contribution in [0.15, 0.2) is 18.2 Å². The molecule has 0 N–H and O–H groups in total. The minimum absolute atomic E-state index is 0.229. The van der Waals surface area contributed by atoms with Crippen molar-refractivity contribution in [3.8, 4) is 5.75 Å². The van der Waals surface area contributed by atoms with E-state index in [9.17, 15) is 4.79 Å². The third kappa shape index (κ3) is 4.78. The first kappa shape index (κ1) is 14.6. The molecule has 0 radical (unpaired) electrons. The lowest BCUT2D eigenvalue weighted by Gasteiger charge is -2.19. The Hall–Kier alpha value is -1.51. The molecule has 0 spiro atoms. The van der Waals surface area contributed by atoms with Crippen molar-refractivity contribution in [3.05, 3.63) is 29.3 Å². The van der Waals surface area contributed by atoms with Crippen LogP contribution in [-0.4, -0.2) is 18.2 Å². The van der Waals surface area contributed by atoms with Gasteiger partial charge in [-0.15, -0.1) is 0 Å². The lowest BCUT2D eigenvalue weighted by atomic mass is 10.1. The Bertz CT molecular complexity index is 416. The van der Waals surface area contributed by atoms with Crippen molar-refractivity contribution in [1.29, 1.82) is 0 Å². The van der Waals surface area contributed by atoms with Crippen molar-refractivity contribution >= 4 is 5.97 Å². The van der Waals surface area contributed by atoms with Crippen LogP contribution in [0.4, 0.5) is 0 Å². The van der Waals surface area contributed by atoms with Gasteiger partial charge in [-0.05, 0) is 51.8 Å². The third-order valence-electron chi connectivity index (χ3n) is 2.54. The van der Waals surface area contributed by atoms with Crippen LogP contribution in [0.2, 0.25) is 0 Å². The standard InChI is InChI=1S/C15H22O3/c1-11-7-6-8-13(12(11)2)17-10-9-14(16)18-15(3,4)5/h6-8H,9-10H2,1-5H3. The number of ether oxygens (including phenoxy) is 2. The lowest BCUT2D eigenvalue weighted by Crippen LogP contribution is -2.24. The Kier molecular flexibility index (Phi) is 4.76. The summed E-state index contributed by atoms with van der Waals surface area (Å²) in [6.07, 6.45) is 0.269. The first-order valence-electron chi connectivity index (χ1n) is 6.20. The van der Waals surface area contributed by atoms with Gasteiger partial charge in [0, 0.05) is 0 Å². The molecule has 0 bridgehead atoms. The van der Waals surface area contributed by atoms with E-state index in [1.165, 1.54) is 5.56 Å². The smallest absolute Gasteiger partial charge is 0.309 e. The van der Waals surface area contributed by atoms with Crippen LogP contribution in [0.5, 0.6) is 5.75 Å². The van der Waals surface area contributed by atoms with Gasteiger partial charge < -0.3 is 9.47 Å². The van der Waals surface area contributed by atoms with Crippen LogP contribution >= 0.6 is 0 Å². The molecule has 18 heavy (non-hydrogen) atoms. The first-order chi connectivity index (χ1) is 8.29. The summed E-state index contributed by atoms with van der Waals surface area (Å²) < 4.78 is 10.8. The van der Waals surface area contributed by atoms with Gasteiger partial charge in [0.2, 0.25) is 0 Å². The average molecular weight is 250 g/mol. The van der Waals surface area contributed by atoms with Crippen molar-refractivity contribution in [2.24, 2.45) is 0 Å². The highest BCUT2D eigenvalue weighted by Crippen LogP contribution is 2.20. The zero-order valence-electron chi connectivity index (χ0n) is 11.9. The molecule has 0 aliphatic rings. The fourth-order valence-electron chi connectivity index (χ4n) is 1.52. The fraction of sp³-hybridized carbons (Fsp3) is 0.533. The largest absolute Gasteiger partial charge is 0.493 e. The lowest BCUT2D eigenvalue weighted by molar-refractivity contribution is -0.155. The summed E-state index contributed by atoms with van der Waals surface area (Å²) in [6.45, 7) is 9.97. The highest BCUT2D eigenvalue weighted by molar-refractivity contribution is 5.70. The molecule has 0 aliphatic carbocycles. The SMILES string of the molecule is Cc1cccc(OCCC(=O)OC(C)(C)C)c1C. The van der Waals surface area contributed by atoms with Crippen molar-refractivity contribution in [2.75, 3.05) is 6.61 Å². The minimum atomic E-state index is -0.434. The highest BCUT2D eigenvalue weighted by atomic mass is 16.6. The second-order valence-electron chi connectivity index (χ2n) is 5.38. The van der Waals surface area contributed by atoms with E-state index in [2.05, 4.69) is 0 Å². The zero-order valence-corrected chi connectivity index (χ0v) is 11.9. The molecule has 1 aromatic carbocycles. The van der Waals surface area contributed by atoms with Gasteiger partial charge in [0.1, 0.15) is 11.4 Å². The van der Waals surface area contributed by atoms with Crippen LogP contribution < -0.4 is 4.74 Å². The molecule has 0 aliphatic heterocycles. The van der Waals surface area contributed by atoms with Crippen molar-refractivity contribution in [2.45, 2.75) is 46.6 Å². The molecule has 0 unspecified atom stereocenters. The van der Waals surface area contributed by atoms with Crippen molar-refractivity contribution in [1.82, 2.24) is 0 Å². The topological polar surface area (TPSA) is 35.5 Å². The average Bonchev–Trinajstić information content (AvgIpc) is 2.21. The van der Waals surface area contributed by atoms with Gasteiger partial charge in [0.05, 0.1) is 13.0 Å². The molecule has 0 fully saturated rings. The molecular formula is C15H22O3. The minimum Gasteiger partial charge on any atom is -0.493 e. The predicted octanol–water partition coefficient (Wildman–Crippen LogP) is 3.41. The second-order valence-corrected chi connectivity index (χ2v) is 5.38. The Balaban J connectivity index is 2.43. The number of carbonyl (C=O) groups is 1. The number of hydrogen-bond donors (Lipinski definition) is 0. The van der Waals surface area contributed by atoms with E-state index in [-0.39, 0.29) is 12.4 Å². The maximum Gasteiger partial charge on any atom is 0.309 e. The zero-order chi connectivity index (χ0) is 13.8. The van der Waals surface area contributed by atoms with Crippen LogP contribution in [0, 0.1) is 13.8 Å². The van der Waals surface area contributed by atoms with E-state index < -0.39 is 5.60 Å². The van der Waals surface area contributed by atoms with Crippen LogP contribution in [0.3, 0.4) is 0 Å². The Morgan fingerprint density at radius 2 is 1.89 bits per heavy atom. The summed E-state index contributed by atoms with van der Waals surface area (Å²) >= 11 is 0. The van der Waals surface area contributed by atoms with E-state index in [4.69, 9.17) is 9.47 Å². The van der Waals surface area contributed by atoms with Gasteiger partial charge in [-0.3, -0.25) is 4.79 Å². The number of rotatable bonds is 4. The summed E-state index contributed by atoms with van der Waals surface area (Å²) in [5.74, 6) is 0.603. The van der Waals surface area contributed by atoms with E-state index >= 15 is 0 Å². The number of aryl methyl sites for hydroxylation is 1. The molecule has 3 nitrogen and oxygen atoms in total. The quantitative estimate of drug-likeness (QED) is 0.768. The van der Waals surface area contributed by atoms with E-state index in [1.54, 1.807) is 0 Å². The van der Waals surface area contributed by atoms with Crippen LogP contribution in [-0.2, 0) is 9.53 Å². The predicted molar refractivity (Wildman–Crippen MR) is 71.9 cm³/mol. The summed E-state index contributed by atoms with van der Waals surface area (Å²) in [4.78, 5) is 11.5. The summed E-state index contributed by atoms with van der Waals surface area (Å²) in [5.41, 5.74) is 1.86. The van der Waals surface area contributed by atoms with Gasteiger partial charge in [-0.1, -0.05) is 12.1 Å². The Labute approximate surface area is 109 Å². The molecule has 0 saturated heterocycles. The fourth-order valence-corrected chi connectivity index (χ4v) is 1.52. The molecule has 0 amide bonds. The van der Waals surface area contributed by atoms with Gasteiger partial charge in [-0.2, -0.15) is 0 Å². The number of benzene rings is 1. The molecule has 0 heterocycles. The Morgan fingerprint density at radius 3 is 2.50 bits per heavy atom. The van der Waals surface area contributed by atoms with E-state index in [1.807, 2.05) is 52.8 Å². The van der Waals surface area contributed by atoms with Crippen molar-refractivity contribution in [3.63, 3.8) is 0 Å². The second kappa shape index (κ2) is 5.89. The van der Waals surface area contributed by atoms with Crippen molar-refractivity contribution < 1.29 is 14.3 Å². The maximum absolute atomic E-state index is 11.5. The molecule has 1 aromatic rings. The molecule has 1 rings (SSSR count). The summed E-state index contributed by atoms with van der Waals surface area (Å²) in [7, 11) is 0. The highest BCUT2D eigenvalue weighted by Gasteiger charge is 2.16. The number of carbonyl (C=O) groups excluding carboxylic acids is 1. The molecule has 0 aromatic heterocycles.